The molecule has 1 aromatic heterocycles. The number of rotatable bonds is 9. The van der Waals surface area contributed by atoms with E-state index < -0.39 is 9.84 Å². The van der Waals surface area contributed by atoms with Gasteiger partial charge in [-0.2, -0.15) is 5.11 Å². The molecule has 2 aliphatic rings. The number of benzene rings is 3. The fourth-order valence-corrected chi connectivity index (χ4v) is 8.34. The number of hydrogen-bond donors (Lipinski definition) is 0. The maximum atomic E-state index is 11.8. The van der Waals surface area contributed by atoms with E-state index in [2.05, 4.69) is 83.6 Å². The number of nitrogens with zero attached hydrogens (tertiary/aromatic N) is 3. The van der Waals surface area contributed by atoms with E-state index in [1.54, 1.807) is 11.3 Å². The first kappa shape index (κ1) is 30.0. The topological polar surface area (TPSA) is 89.7 Å². The van der Waals surface area contributed by atoms with Crippen LogP contribution in [0.2, 0.25) is 0 Å². The van der Waals surface area contributed by atoms with Crippen LogP contribution in [0.5, 0.6) is 11.5 Å². The van der Waals surface area contributed by atoms with Crippen LogP contribution in [0, 0.1) is 25.7 Å². The summed E-state index contributed by atoms with van der Waals surface area (Å²) in [4.78, 5) is 1.26. The van der Waals surface area contributed by atoms with Gasteiger partial charge in [0, 0.05) is 26.9 Å². The van der Waals surface area contributed by atoms with Crippen LogP contribution < -0.4 is 9.47 Å². The number of fused-ring (bicyclic) bond motifs is 1. The van der Waals surface area contributed by atoms with Crippen LogP contribution in [0.25, 0.3) is 21.2 Å². The molecular formula is C35H35N3O4S2. The number of sulfone groups is 1. The molecule has 0 amide bonds. The zero-order valence-electron chi connectivity index (χ0n) is 25.2. The molecule has 3 heterocycles. The maximum absolute atomic E-state index is 11.8. The van der Waals surface area contributed by atoms with E-state index in [0.717, 1.165) is 40.3 Å². The molecule has 0 spiro atoms. The number of hydrogen-bond acceptors (Lipinski definition) is 8. The molecule has 9 heteroatoms. The molecule has 226 valence electrons. The predicted octanol–water partition coefficient (Wildman–Crippen LogP) is 8.04. The second kappa shape index (κ2) is 12.9. The van der Waals surface area contributed by atoms with Crippen LogP contribution in [0.3, 0.4) is 0 Å². The lowest BCUT2D eigenvalue weighted by molar-refractivity contribution is 0.189. The highest BCUT2D eigenvalue weighted by Crippen LogP contribution is 2.41. The van der Waals surface area contributed by atoms with Gasteiger partial charge in [0.15, 0.2) is 9.84 Å². The Bertz CT molecular complexity index is 1900. The summed E-state index contributed by atoms with van der Waals surface area (Å²) >= 11 is 1.80. The van der Waals surface area contributed by atoms with Gasteiger partial charge in [0.1, 0.15) is 30.8 Å². The monoisotopic (exact) mass is 625 g/mol. The highest BCUT2D eigenvalue weighted by Gasteiger charge is 2.25. The molecule has 4 aromatic rings. The third kappa shape index (κ3) is 6.87. The summed E-state index contributed by atoms with van der Waals surface area (Å²) in [6.07, 6.45) is 1.75. The number of ether oxygens (including phenoxy) is 2. The van der Waals surface area contributed by atoms with Crippen LogP contribution in [-0.2, 0) is 16.4 Å². The van der Waals surface area contributed by atoms with E-state index in [0.29, 0.717) is 26.0 Å². The Kier molecular flexibility index (Phi) is 8.83. The van der Waals surface area contributed by atoms with Gasteiger partial charge in [-0.15, -0.1) is 22.4 Å². The summed E-state index contributed by atoms with van der Waals surface area (Å²) in [5, 5.41) is 13.0. The largest absolute Gasteiger partial charge is 0.490 e. The quantitative estimate of drug-likeness (QED) is 0.176. The molecule has 1 saturated heterocycles. The second-order valence-corrected chi connectivity index (χ2v) is 14.9. The highest BCUT2D eigenvalue weighted by molar-refractivity contribution is 7.91. The van der Waals surface area contributed by atoms with Crippen molar-refractivity contribution in [2.45, 2.75) is 58.7 Å². The Morgan fingerprint density at radius 2 is 1.77 bits per heavy atom. The predicted molar refractivity (Wildman–Crippen MR) is 178 cm³/mol. The van der Waals surface area contributed by atoms with Gasteiger partial charge in [-0.1, -0.05) is 30.2 Å². The van der Waals surface area contributed by atoms with E-state index in [1.807, 2.05) is 25.1 Å². The molecule has 0 aliphatic carbocycles. The van der Waals surface area contributed by atoms with Crippen molar-refractivity contribution in [2.24, 2.45) is 15.4 Å². The Balaban J connectivity index is 1.15. The lowest BCUT2D eigenvalue weighted by Gasteiger charge is -2.23. The van der Waals surface area contributed by atoms with E-state index in [4.69, 9.17) is 9.47 Å². The molecule has 3 aromatic carbocycles. The lowest BCUT2D eigenvalue weighted by Crippen LogP contribution is -2.30. The van der Waals surface area contributed by atoms with Crippen molar-refractivity contribution in [1.29, 1.82) is 0 Å². The third-order valence-electron chi connectivity index (χ3n) is 8.15. The number of aryl methyl sites for hydroxylation is 2. The van der Waals surface area contributed by atoms with Crippen LogP contribution in [0.15, 0.2) is 76.1 Å². The van der Waals surface area contributed by atoms with E-state index in [1.165, 1.54) is 26.1 Å². The summed E-state index contributed by atoms with van der Waals surface area (Å²) in [6.45, 7) is 7.14. The first-order chi connectivity index (χ1) is 21.3. The summed E-state index contributed by atoms with van der Waals surface area (Å²) in [5.74, 6) is 8.38. The molecule has 0 radical (unpaired) electrons. The molecule has 1 atom stereocenters. The highest BCUT2D eigenvalue weighted by atomic mass is 32.2. The van der Waals surface area contributed by atoms with E-state index >= 15 is 0 Å². The van der Waals surface area contributed by atoms with Crippen molar-refractivity contribution in [1.82, 2.24) is 0 Å². The first-order valence-electron chi connectivity index (χ1n) is 14.9. The fraction of sp³-hybridized carbons (Fsp3) is 0.343. The molecule has 7 nitrogen and oxygen atoms in total. The Labute approximate surface area is 262 Å². The summed E-state index contributed by atoms with van der Waals surface area (Å²) < 4.78 is 37.2. The van der Waals surface area contributed by atoms with E-state index in [-0.39, 0.29) is 23.5 Å². The Hall–Kier alpha value is -4.00. The SMILES string of the molecule is CC#C[C@@H](CC1=NN=NC1)c1ccc(OCc2ccc3sc(C)c(-c4ccc(OC5CCS(=O)(=O)CC5)cc4C)c3c2)cc1. The molecule has 2 aliphatic heterocycles. The van der Waals surface area contributed by atoms with E-state index in [9.17, 15) is 8.42 Å². The van der Waals surface area contributed by atoms with Gasteiger partial charge in [0.05, 0.1) is 23.1 Å². The summed E-state index contributed by atoms with van der Waals surface area (Å²) in [6, 6.07) is 20.9. The van der Waals surface area contributed by atoms with Crippen LogP contribution in [-0.4, -0.2) is 38.3 Å². The molecule has 0 N–H and O–H groups in total. The average molecular weight is 626 g/mol. The average Bonchev–Trinajstić information content (AvgIpc) is 3.64. The first-order valence-corrected chi connectivity index (χ1v) is 17.5. The van der Waals surface area contributed by atoms with Gasteiger partial charge in [-0.3, -0.25) is 0 Å². The van der Waals surface area contributed by atoms with Crippen molar-refractivity contribution in [3.8, 4) is 34.5 Å². The smallest absolute Gasteiger partial charge is 0.150 e. The van der Waals surface area contributed by atoms with Crippen molar-refractivity contribution in [3.05, 3.63) is 82.2 Å². The van der Waals surface area contributed by atoms with Gasteiger partial charge >= 0.3 is 0 Å². The van der Waals surface area contributed by atoms with Crippen molar-refractivity contribution in [3.63, 3.8) is 0 Å². The Morgan fingerprint density at radius 3 is 2.48 bits per heavy atom. The molecule has 0 bridgehead atoms. The third-order valence-corrected chi connectivity index (χ3v) is 11.0. The lowest BCUT2D eigenvalue weighted by atomic mass is 9.94. The zero-order chi connectivity index (χ0) is 30.7. The maximum Gasteiger partial charge on any atom is 0.150 e. The van der Waals surface area contributed by atoms with Crippen LogP contribution in [0.4, 0.5) is 0 Å². The molecule has 44 heavy (non-hydrogen) atoms. The van der Waals surface area contributed by atoms with Crippen LogP contribution in [0.1, 0.15) is 53.7 Å². The minimum atomic E-state index is -2.91. The van der Waals surface area contributed by atoms with Gasteiger partial charge in [0.25, 0.3) is 0 Å². The minimum Gasteiger partial charge on any atom is -0.490 e. The fourth-order valence-electron chi connectivity index (χ4n) is 5.83. The molecular weight excluding hydrogens is 591 g/mol. The standard InChI is InChI=1S/C35H35N3O4S2/c1-4-5-27(20-28-21-36-38-37-28)26-7-9-29(10-8-26)41-22-25-6-13-34-33(19-25)35(24(3)43-34)32-12-11-31(18-23(32)2)42-30-14-16-44(39,40)17-15-30/h6-13,18-19,27,30H,14-17,20-22H2,1-3H3/t27-/m0/s1. The van der Waals surface area contributed by atoms with Crippen molar-refractivity contribution < 1.29 is 17.9 Å². The van der Waals surface area contributed by atoms with Gasteiger partial charge < -0.3 is 9.47 Å². The van der Waals surface area contributed by atoms with Crippen LogP contribution >= 0.6 is 11.3 Å². The normalized spacial score (nSPS) is 16.8. The van der Waals surface area contributed by atoms with Crippen molar-refractivity contribution >= 4 is 37.0 Å². The summed E-state index contributed by atoms with van der Waals surface area (Å²) in [7, 11) is -2.91. The Morgan fingerprint density at radius 1 is 1.00 bits per heavy atom. The molecule has 0 saturated carbocycles. The zero-order valence-corrected chi connectivity index (χ0v) is 26.8. The second-order valence-electron chi connectivity index (χ2n) is 11.4. The van der Waals surface area contributed by atoms with Crippen molar-refractivity contribution in [2.75, 3.05) is 18.1 Å². The molecule has 6 rings (SSSR count). The summed E-state index contributed by atoms with van der Waals surface area (Å²) in [5.41, 5.74) is 6.72. The number of thiophene rings is 1. The molecule has 0 unspecified atom stereocenters. The van der Waals surface area contributed by atoms with Gasteiger partial charge in [0.2, 0.25) is 0 Å². The van der Waals surface area contributed by atoms with Gasteiger partial charge in [-0.05, 0) is 97.5 Å². The minimum absolute atomic E-state index is 0.0501. The van der Waals surface area contributed by atoms with Gasteiger partial charge in [-0.25, -0.2) is 8.42 Å². The molecule has 1 fully saturated rings.